The second-order valence-electron chi connectivity index (χ2n) is 15.9. The third-order valence-electron chi connectivity index (χ3n) is 11.5. The lowest BCUT2D eigenvalue weighted by Crippen LogP contribution is -2.81. The predicted molar refractivity (Wildman–Crippen MR) is 215 cm³/mol. The van der Waals surface area contributed by atoms with E-state index in [9.17, 15) is 52.7 Å². The van der Waals surface area contributed by atoms with E-state index in [-0.39, 0.29) is 0 Å². The minimum atomic E-state index is -7.22. The van der Waals surface area contributed by atoms with Crippen LogP contribution >= 0.6 is 0 Å². The number of nitrogens with zero attached hydrogens (tertiary/aromatic N) is 2. The number of hydrogen-bond acceptors (Lipinski definition) is 1. The molecule has 1 heterocycles. The zero-order valence-corrected chi connectivity index (χ0v) is 36.1. The van der Waals surface area contributed by atoms with Crippen LogP contribution in [0.25, 0.3) is 0 Å². The van der Waals surface area contributed by atoms with Crippen LogP contribution < -0.4 is 26.4 Å². The predicted octanol–water partition coefficient (Wildman–Crippen LogP) is 11.7. The van der Waals surface area contributed by atoms with E-state index < -0.39 is 144 Å². The fourth-order valence-corrected chi connectivity index (χ4v) is 8.17. The molecule has 6 rings (SSSR count). The molecule has 0 bridgehead atoms. The summed E-state index contributed by atoms with van der Waals surface area (Å²) in [6, 6.07) is 10.6. The normalized spacial score (nSPS) is 11.6. The van der Waals surface area contributed by atoms with Gasteiger partial charge >= 0.3 is 0 Å². The van der Waals surface area contributed by atoms with Crippen molar-refractivity contribution in [2.45, 2.75) is 84.1 Å². The molecular formula is C47H35BF20N2. The van der Waals surface area contributed by atoms with E-state index in [1.165, 1.54) is 75.5 Å². The van der Waals surface area contributed by atoms with E-state index in [4.69, 9.17) is 0 Å². The minimum Gasteiger partial charge on any atom is -0.249 e. The van der Waals surface area contributed by atoms with Crippen LogP contribution in [0.4, 0.5) is 87.8 Å². The van der Waals surface area contributed by atoms with Crippen molar-refractivity contribution in [3.05, 3.63) is 177 Å². The van der Waals surface area contributed by atoms with Gasteiger partial charge in [-0.15, -0.1) is 21.9 Å². The number of benzene rings is 5. The van der Waals surface area contributed by atoms with E-state index in [0.717, 1.165) is 13.0 Å². The molecule has 0 spiro atoms. The molecule has 0 aliphatic rings. The van der Waals surface area contributed by atoms with Gasteiger partial charge in [0.15, 0.2) is 88.7 Å². The van der Waals surface area contributed by atoms with Gasteiger partial charge in [0.25, 0.3) is 0 Å². The Morgan fingerprint density at radius 3 is 0.971 bits per heavy atom. The van der Waals surface area contributed by atoms with Crippen LogP contribution in [0, 0.1) is 116 Å². The molecule has 5 aromatic carbocycles. The first kappa shape index (κ1) is 54.8. The van der Waals surface area contributed by atoms with Crippen LogP contribution in [0.15, 0.2) is 48.9 Å². The molecule has 6 aromatic rings. The Morgan fingerprint density at radius 2 is 0.657 bits per heavy atom. The molecule has 0 atom stereocenters. The van der Waals surface area contributed by atoms with Gasteiger partial charge in [-0.1, -0.05) is 95.0 Å². The summed E-state index contributed by atoms with van der Waals surface area (Å²) >= 11 is 0. The Labute approximate surface area is 385 Å². The molecule has 0 unspecified atom stereocenters. The summed E-state index contributed by atoms with van der Waals surface area (Å²) in [5, 5.41) is 0. The number of rotatable bonds is 17. The molecule has 70 heavy (non-hydrogen) atoms. The maximum Gasteiger partial charge on any atom is 0.200 e. The number of unbranched alkanes of at least 4 members (excludes halogenated alkanes) is 9. The molecule has 0 saturated carbocycles. The monoisotopic (exact) mass is 1020 g/mol. The van der Waals surface area contributed by atoms with E-state index in [0.29, 0.717) is 0 Å². The molecule has 376 valence electrons. The smallest absolute Gasteiger partial charge is 0.200 e. The van der Waals surface area contributed by atoms with E-state index in [1.807, 2.05) is 6.20 Å². The van der Waals surface area contributed by atoms with E-state index >= 15 is 35.1 Å². The van der Waals surface area contributed by atoms with Gasteiger partial charge in [-0.3, -0.25) is 0 Å². The lowest BCUT2D eigenvalue weighted by atomic mass is 9.12. The second kappa shape index (κ2) is 23.2. The number of halogens is 20. The fraction of sp³-hybridized carbons (Fsp3) is 0.277. The summed E-state index contributed by atoms with van der Waals surface area (Å²) in [5.74, 6) is -71.4. The van der Waals surface area contributed by atoms with Gasteiger partial charge in [0.2, 0.25) is 0 Å². The molecule has 2 nitrogen and oxygen atoms in total. The van der Waals surface area contributed by atoms with E-state index in [1.54, 1.807) is 0 Å². The van der Waals surface area contributed by atoms with Crippen molar-refractivity contribution in [2.24, 2.45) is 0 Å². The number of aryl methyl sites for hydroxylation is 1. The van der Waals surface area contributed by atoms with Crippen molar-refractivity contribution in [1.82, 2.24) is 4.98 Å². The molecular weight excluding hydrogens is 983 g/mol. The SMILES string of the molecule is CCCCCCCCCCCCc1c[n+](Cc2ccccc2)ccn1.Fc1c(F)c(F)c([B-](c2c(F)c(F)c(F)c(F)c2F)(c2c(F)c(F)c(F)c(F)c2F)c2c(F)c(F)c(F)c(F)c2F)c(F)c1F. The number of aromatic nitrogens is 2. The number of hydrogen-bond donors (Lipinski definition) is 0. The summed E-state index contributed by atoms with van der Waals surface area (Å²) in [5.41, 5.74) is -11.8. The maximum atomic E-state index is 15.4. The largest absolute Gasteiger partial charge is 0.249 e. The van der Waals surface area contributed by atoms with Crippen LogP contribution in [-0.2, 0) is 13.0 Å². The Hall–Kier alpha value is -6.16. The van der Waals surface area contributed by atoms with Gasteiger partial charge in [0.1, 0.15) is 58.4 Å². The summed E-state index contributed by atoms with van der Waals surface area (Å²) in [7, 11) is 0. The van der Waals surface area contributed by atoms with Gasteiger partial charge < -0.3 is 0 Å². The standard InChI is InChI=1S/C24BF20.C23H35N2/c26-5-1(6(27)14(35)21(42)13(5)34)25(2-7(28)15(36)22(43)16(37)8(2)29,3-9(30)17(38)23(44)18(39)10(3)31)4-11(32)19(40)24(45)20(41)12(4)33;1-2-3-4-5-6-7-8-9-10-14-17-23-21-25(19-18-24-23)20-22-15-12-11-13-16-22/h;11-13,15-16,18-19,21H,2-10,14,17,20H2,1H3/q-1;+1. The molecule has 0 N–H and O–H groups in total. The second-order valence-corrected chi connectivity index (χ2v) is 15.9. The van der Waals surface area contributed by atoms with Crippen molar-refractivity contribution < 1.29 is 92.4 Å². The maximum absolute atomic E-state index is 15.4. The molecule has 0 aliphatic heterocycles. The third kappa shape index (κ3) is 10.5. The summed E-state index contributed by atoms with van der Waals surface area (Å²) in [6.45, 7) is 3.21. The van der Waals surface area contributed by atoms with Crippen molar-refractivity contribution in [3.63, 3.8) is 0 Å². The summed E-state index contributed by atoms with van der Waals surface area (Å²) in [4.78, 5) is 4.54. The Bertz CT molecular complexity index is 2480. The average Bonchev–Trinajstić information content (AvgIpc) is 3.35. The van der Waals surface area contributed by atoms with Crippen molar-refractivity contribution >= 4 is 28.0 Å². The van der Waals surface area contributed by atoms with Gasteiger partial charge in [0.05, 0.1) is 6.20 Å². The molecule has 23 heteroatoms. The van der Waals surface area contributed by atoms with Crippen molar-refractivity contribution in [2.75, 3.05) is 0 Å². The van der Waals surface area contributed by atoms with Crippen molar-refractivity contribution in [1.29, 1.82) is 0 Å². The first-order valence-corrected chi connectivity index (χ1v) is 21.2. The molecule has 0 amide bonds. The highest BCUT2D eigenvalue weighted by molar-refractivity contribution is 7.20. The third-order valence-corrected chi connectivity index (χ3v) is 11.5. The average molecular weight is 1020 g/mol. The molecule has 0 fully saturated rings. The lowest BCUT2D eigenvalue weighted by Gasteiger charge is -2.44. The highest BCUT2D eigenvalue weighted by Gasteiger charge is 2.52. The van der Waals surface area contributed by atoms with E-state index in [2.05, 4.69) is 59.2 Å². The first-order valence-electron chi connectivity index (χ1n) is 21.2. The van der Waals surface area contributed by atoms with Gasteiger partial charge in [-0.05, 0) is 12.8 Å². The van der Waals surface area contributed by atoms with Crippen LogP contribution in [0.5, 0.6) is 0 Å². The minimum absolute atomic E-state index is 0.925. The highest BCUT2D eigenvalue weighted by Crippen LogP contribution is 2.31. The van der Waals surface area contributed by atoms with Crippen molar-refractivity contribution in [3.8, 4) is 0 Å². The molecule has 0 aliphatic carbocycles. The van der Waals surface area contributed by atoms with Gasteiger partial charge in [-0.25, -0.2) is 92.8 Å². The fourth-order valence-electron chi connectivity index (χ4n) is 8.17. The van der Waals surface area contributed by atoms with Crippen LogP contribution in [0.2, 0.25) is 0 Å². The lowest BCUT2D eigenvalue weighted by molar-refractivity contribution is -0.689. The van der Waals surface area contributed by atoms with Crippen LogP contribution in [0.3, 0.4) is 0 Å². The van der Waals surface area contributed by atoms with Crippen LogP contribution in [-0.4, -0.2) is 11.1 Å². The highest BCUT2D eigenvalue weighted by atomic mass is 19.2. The zero-order valence-electron chi connectivity index (χ0n) is 36.1. The van der Waals surface area contributed by atoms with Crippen LogP contribution in [0.1, 0.15) is 82.4 Å². The Morgan fingerprint density at radius 1 is 0.371 bits per heavy atom. The quantitative estimate of drug-likeness (QED) is 0.0222. The van der Waals surface area contributed by atoms with Gasteiger partial charge in [0, 0.05) is 5.56 Å². The molecule has 1 aromatic heterocycles. The van der Waals surface area contributed by atoms with Gasteiger partial charge in [-0.2, -0.15) is 4.57 Å². The Kier molecular flexibility index (Phi) is 18.1. The first-order chi connectivity index (χ1) is 33.1. The topological polar surface area (TPSA) is 16.8 Å². The molecule has 0 radical (unpaired) electrons. The molecule has 0 saturated heterocycles. The summed E-state index contributed by atoms with van der Waals surface area (Å²) in [6.07, 6.45) is 14.0. The zero-order chi connectivity index (χ0) is 51.9. The Balaban J connectivity index is 0.000000308. The summed E-state index contributed by atoms with van der Waals surface area (Å²) < 4.78 is 296.